The van der Waals surface area contributed by atoms with Gasteiger partial charge in [0.1, 0.15) is 0 Å². The zero-order chi connectivity index (χ0) is 14.1. The molecule has 1 aliphatic carbocycles. The first-order valence-electron chi connectivity index (χ1n) is 6.48. The van der Waals surface area contributed by atoms with E-state index >= 15 is 0 Å². The average molecular weight is 310 g/mol. The van der Waals surface area contributed by atoms with Crippen LogP contribution in [-0.2, 0) is 6.42 Å². The van der Waals surface area contributed by atoms with Gasteiger partial charge >= 0.3 is 0 Å². The van der Waals surface area contributed by atoms with Crippen molar-refractivity contribution in [3.05, 3.63) is 39.0 Å². The quantitative estimate of drug-likeness (QED) is 0.901. The van der Waals surface area contributed by atoms with Crippen molar-refractivity contribution in [1.29, 1.82) is 0 Å². The van der Waals surface area contributed by atoms with Crippen LogP contribution in [0, 0.1) is 0 Å². The van der Waals surface area contributed by atoms with Crippen molar-refractivity contribution in [1.82, 2.24) is 0 Å². The number of hydrogen-bond donors (Lipinski definition) is 1. The summed E-state index contributed by atoms with van der Waals surface area (Å²) in [4.78, 5) is 1.40. The largest absolute Gasteiger partial charge is 0.493 e. The number of nitrogens with one attached hydrogen (secondary N) is 1. The van der Waals surface area contributed by atoms with Crippen LogP contribution in [0.5, 0.6) is 11.5 Å². The van der Waals surface area contributed by atoms with Crippen molar-refractivity contribution < 1.29 is 9.47 Å². The molecule has 0 radical (unpaired) electrons. The summed E-state index contributed by atoms with van der Waals surface area (Å²) in [6, 6.07) is 8.29. The van der Waals surface area contributed by atoms with Gasteiger partial charge in [0.15, 0.2) is 11.5 Å². The van der Waals surface area contributed by atoms with Crippen LogP contribution >= 0.6 is 22.9 Å². The van der Waals surface area contributed by atoms with Crippen molar-refractivity contribution in [2.45, 2.75) is 18.9 Å². The molecule has 20 heavy (non-hydrogen) atoms. The van der Waals surface area contributed by atoms with Crippen molar-refractivity contribution >= 4 is 28.6 Å². The van der Waals surface area contributed by atoms with E-state index in [1.54, 1.807) is 25.6 Å². The molecule has 5 heteroatoms. The molecular weight excluding hydrogens is 294 g/mol. The van der Waals surface area contributed by atoms with Gasteiger partial charge in [-0.2, -0.15) is 0 Å². The summed E-state index contributed by atoms with van der Waals surface area (Å²) in [6.07, 6.45) is 2.20. The number of anilines is 1. The minimum Gasteiger partial charge on any atom is -0.493 e. The van der Waals surface area contributed by atoms with E-state index in [9.17, 15) is 0 Å². The Morgan fingerprint density at radius 3 is 2.75 bits per heavy atom. The van der Waals surface area contributed by atoms with Gasteiger partial charge in [-0.05, 0) is 36.6 Å². The van der Waals surface area contributed by atoms with Crippen molar-refractivity contribution in [2.24, 2.45) is 0 Å². The Kier molecular flexibility index (Phi) is 3.76. The third-order valence-electron chi connectivity index (χ3n) is 3.57. The molecule has 0 bridgehead atoms. The maximum atomic E-state index is 6.09. The SMILES string of the molecule is COc1ccc(NC2CCc3sc(Cl)cc32)cc1OC. The summed E-state index contributed by atoms with van der Waals surface area (Å²) in [6.45, 7) is 0. The molecule has 1 atom stereocenters. The third-order valence-corrected chi connectivity index (χ3v) is 4.91. The predicted octanol–water partition coefficient (Wildman–Crippen LogP) is 4.52. The summed E-state index contributed by atoms with van der Waals surface area (Å²) in [7, 11) is 3.29. The predicted molar refractivity (Wildman–Crippen MR) is 83.6 cm³/mol. The molecule has 0 aliphatic heterocycles. The first-order valence-corrected chi connectivity index (χ1v) is 7.67. The first-order chi connectivity index (χ1) is 9.71. The molecule has 0 fully saturated rings. The Labute approximate surface area is 127 Å². The number of hydrogen-bond acceptors (Lipinski definition) is 4. The molecule has 2 aromatic rings. The lowest BCUT2D eigenvalue weighted by Crippen LogP contribution is -2.06. The highest BCUT2D eigenvalue weighted by atomic mass is 35.5. The summed E-state index contributed by atoms with van der Waals surface area (Å²) >= 11 is 7.77. The standard InChI is InChI=1S/C15H16ClNO2S/c1-18-12-5-3-9(7-13(12)19-2)17-11-4-6-14-10(11)8-15(16)20-14/h3,5,7-8,11,17H,4,6H2,1-2H3. The number of methoxy groups -OCH3 is 2. The highest BCUT2D eigenvalue weighted by Gasteiger charge is 2.25. The molecule has 3 rings (SSSR count). The van der Waals surface area contributed by atoms with Crippen LogP contribution < -0.4 is 14.8 Å². The maximum Gasteiger partial charge on any atom is 0.162 e. The number of aryl methyl sites for hydroxylation is 1. The van der Waals surface area contributed by atoms with Gasteiger partial charge in [-0.1, -0.05) is 11.6 Å². The zero-order valence-electron chi connectivity index (χ0n) is 11.4. The van der Waals surface area contributed by atoms with Crippen LogP contribution in [0.25, 0.3) is 0 Å². The van der Waals surface area contributed by atoms with Crippen LogP contribution in [-0.4, -0.2) is 14.2 Å². The molecule has 0 saturated carbocycles. The molecule has 1 N–H and O–H groups in total. The van der Waals surface area contributed by atoms with Crippen LogP contribution in [0.4, 0.5) is 5.69 Å². The van der Waals surface area contributed by atoms with E-state index in [0.29, 0.717) is 6.04 Å². The Hall–Kier alpha value is -1.39. The van der Waals surface area contributed by atoms with Gasteiger partial charge in [0.25, 0.3) is 0 Å². The molecule has 106 valence electrons. The van der Waals surface area contributed by atoms with E-state index in [0.717, 1.165) is 34.4 Å². The van der Waals surface area contributed by atoms with E-state index in [4.69, 9.17) is 21.1 Å². The fraction of sp³-hybridized carbons (Fsp3) is 0.333. The molecule has 1 aliphatic rings. The molecule has 1 aromatic carbocycles. The summed E-state index contributed by atoms with van der Waals surface area (Å²) in [5, 5.41) is 3.55. The number of fused-ring (bicyclic) bond motifs is 1. The second-order valence-corrected chi connectivity index (χ2v) is 6.50. The summed E-state index contributed by atoms with van der Waals surface area (Å²) in [5.74, 6) is 1.47. The fourth-order valence-electron chi connectivity index (χ4n) is 2.61. The maximum absolute atomic E-state index is 6.09. The van der Waals surface area contributed by atoms with E-state index in [2.05, 4.69) is 11.4 Å². The lowest BCUT2D eigenvalue weighted by Gasteiger charge is -2.16. The highest BCUT2D eigenvalue weighted by molar-refractivity contribution is 7.16. The minimum atomic E-state index is 0.326. The summed E-state index contributed by atoms with van der Waals surface area (Å²) < 4.78 is 11.5. The molecule has 1 heterocycles. The number of halogens is 1. The van der Waals surface area contributed by atoms with Crippen molar-refractivity contribution in [3.8, 4) is 11.5 Å². The molecule has 1 unspecified atom stereocenters. The van der Waals surface area contributed by atoms with Gasteiger partial charge < -0.3 is 14.8 Å². The monoisotopic (exact) mass is 309 g/mol. The number of benzene rings is 1. The Morgan fingerprint density at radius 1 is 1.20 bits per heavy atom. The van der Waals surface area contributed by atoms with E-state index in [1.165, 1.54) is 10.4 Å². The molecule has 0 saturated heterocycles. The first kappa shape index (κ1) is 13.6. The Morgan fingerprint density at radius 2 is 2.00 bits per heavy atom. The van der Waals surface area contributed by atoms with Crippen LogP contribution in [0.3, 0.4) is 0 Å². The van der Waals surface area contributed by atoms with Crippen LogP contribution in [0.15, 0.2) is 24.3 Å². The van der Waals surface area contributed by atoms with Gasteiger partial charge in [-0.3, -0.25) is 0 Å². The van der Waals surface area contributed by atoms with Gasteiger partial charge in [0, 0.05) is 16.6 Å². The van der Waals surface area contributed by atoms with Crippen LogP contribution in [0.2, 0.25) is 4.34 Å². The molecule has 3 nitrogen and oxygen atoms in total. The molecule has 1 aromatic heterocycles. The Balaban J connectivity index is 1.82. The molecule has 0 amide bonds. The average Bonchev–Trinajstić information content (AvgIpc) is 2.99. The Bertz CT molecular complexity index is 626. The second-order valence-electron chi connectivity index (χ2n) is 4.73. The minimum absolute atomic E-state index is 0.326. The van der Waals surface area contributed by atoms with E-state index in [1.807, 2.05) is 18.2 Å². The number of thiophene rings is 1. The number of ether oxygens (including phenoxy) is 2. The lowest BCUT2D eigenvalue weighted by atomic mass is 10.1. The van der Waals surface area contributed by atoms with Crippen LogP contribution in [0.1, 0.15) is 22.9 Å². The summed E-state index contributed by atoms with van der Waals surface area (Å²) in [5.41, 5.74) is 2.36. The fourth-order valence-corrected chi connectivity index (χ4v) is 3.96. The molecular formula is C15H16ClNO2S. The molecule has 0 spiro atoms. The van der Waals surface area contributed by atoms with Gasteiger partial charge in [-0.25, -0.2) is 0 Å². The smallest absolute Gasteiger partial charge is 0.162 e. The van der Waals surface area contributed by atoms with Gasteiger partial charge in [0.05, 0.1) is 24.6 Å². The second kappa shape index (κ2) is 5.54. The van der Waals surface area contributed by atoms with E-state index < -0.39 is 0 Å². The normalized spacial score (nSPS) is 16.9. The van der Waals surface area contributed by atoms with Crippen molar-refractivity contribution in [3.63, 3.8) is 0 Å². The lowest BCUT2D eigenvalue weighted by molar-refractivity contribution is 0.355. The highest BCUT2D eigenvalue weighted by Crippen LogP contribution is 2.41. The van der Waals surface area contributed by atoms with Gasteiger partial charge in [0.2, 0.25) is 0 Å². The van der Waals surface area contributed by atoms with Gasteiger partial charge in [-0.15, -0.1) is 11.3 Å². The topological polar surface area (TPSA) is 30.5 Å². The number of rotatable bonds is 4. The zero-order valence-corrected chi connectivity index (χ0v) is 13.0. The van der Waals surface area contributed by atoms with E-state index in [-0.39, 0.29) is 0 Å². The third kappa shape index (κ3) is 2.45. The van der Waals surface area contributed by atoms with Crippen molar-refractivity contribution in [2.75, 3.05) is 19.5 Å².